The zero-order valence-electron chi connectivity index (χ0n) is 16.6. The van der Waals surface area contributed by atoms with E-state index in [0.717, 1.165) is 51.4 Å². The van der Waals surface area contributed by atoms with E-state index in [2.05, 4.69) is 74.6 Å². The van der Waals surface area contributed by atoms with Crippen LogP contribution in [0.5, 0.6) is 0 Å². The maximum atomic E-state index is 9.14. The zero-order chi connectivity index (χ0) is 18.4. The molecule has 0 aliphatic carbocycles. The molecule has 1 unspecified atom stereocenters. The van der Waals surface area contributed by atoms with E-state index >= 15 is 0 Å². The summed E-state index contributed by atoms with van der Waals surface area (Å²) in [6.45, 7) is 4.66. The van der Waals surface area contributed by atoms with Gasteiger partial charge in [-0.05, 0) is 57.3 Å². The van der Waals surface area contributed by atoms with Gasteiger partial charge in [0.1, 0.15) is 0 Å². The fraction of sp³-hybridized carbons (Fsp3) is 0.583. The molecule has 1 N–H and O–H groups in total. The molecule has 0 heterocycles. The summed E-state index contributed by atoms with van der Waals surface area (Å²) >= 11 is 0. The molecule has 1 heteroatoms. The molecular weight excluding hydrogens is 304 g/mol. The number of allylic oxidation sites excluding steroid dienone is 10. The smallest absolute Gasteiger partial charge is 0.0459 e. The number of hydrogen-bond donors (Lipinski definition) is 1. The van der Waals surface area contributed by atoms with E-state index in [4.69, 9.17) is 5.11 Å². The lowest BCUT2D eigenvalue weighted by Gasteiger charge is -2.09. The molecule has 0 fully saturated rings. The first-order valence-corrected chi connectivity index (χ1v) is 10.2. The van der Waals surface area contributed by atoms with Crippen LogP contribution in [-0.4, -0.2) is 11.7 Å². The Morgan fingerprint density at radius 3 is 1.56 bits per heavy atom. The van der Waals surface area contributed by atoms with Crippen LogP contribution in [0.2, 0.25) is 0 Å². The SMILES string of the molecule is CCC=CCC=CCC=CCC=CCC=CCCCCC(CC)CO. The molecule has 0 aliphatic rings. The fourth-order valence-electron chi connectivity index (χ4n) is 2.49. The van der Waals surface area contributed by atoms with Crippen molar-refractivity contribution >= 4 is 0 Å². The molecule has 142 valence electrons. The second-order valence-corrected chi connectivity index (χ2v) is 6.45. The molecule has 0 aromatic carbocycles. The van der Waals surface area contributed by atoms with Gasteiger partial charge in [0.25, 0.3) is 0 Å². The van der Waals surface area contributed by atoms with Crippen LogP contribution in [0, 0.1) is 5.92 Å². The van der Waals surface area contributed by atoms with Crippen LogP contribution in [0.4, 0.5) is 0 Å². The lowest BCUT2D eigenvalue weighted by atomic mass is 9.99. The van der Waals surface area contributed by atoms with E-state index in [1.165, 1.54) is 12.8 Å². The van der Waals surface area contributed by atoms with Gasteiger partial charge < -0.3 is 5.11 Å². The highest BCUT2D eigenvalue weighted by molar-refractivity contribution is 5.00. The molecule has 0 aromatic rings. The molecule has 1 atom stereocenters. The number of aliphatic hydroxyl groups is 1. The van der Waals surface area contributed by atoms with Gasteiger partial charge >= 0.3 is 0 Å². The fourth-order valence-corrected chi connectivity index (χ4v) is 2.49. The molecule has 1 nitrogen and oxygen atoms in total. The summed E-state index contributed by atoms with van der Waals surface area (Å²) < 4.78 is 0. The van der Waals surface area contributed by atoms with Crippen LogP contribution in [0.25, 0.3) is 0 Å². The number of unbranched alkanes of at least 4 members (excludes halogenated alkanes) is 2. The van der Waals surface area contributed by atoms with Crippen molar-refractivity contribution in [3.05, 3.63) is 60.8 Å². The average Bonchev–Trinajstić information content (AvgIpc) is 2.64. The van der Waals surface area contributed by atoms with E-state index in [1.807, 2.05) is 0 Å². The molecule has 0 aromatic heterocycles. The Hall–Kier alpha value is -1.34. The first-order chi connectivity index (χ1) is 12.3. The Morgan fingerprint density at radius 1 is 0.640 bits per heavy atom. The Bertz CT molecular complexity index is 394. The quantitative estimate of drug-likeness (QED) is 0.230. The van der Waals surface area contributed by atoms with Gasteiger partial charge in [-0.1, -0.05) is 87.4 Å². The van der Waals surface area contributed by atoms with Crippen LogP contribution >= 0.6 is 0 Å². The van der Waals surface area contributed by atoms with Gasteiger partial charge in [0, 0.05) is 6.61 Å². The molecule has 0 bridgehead atoms. The van der Waals surface area contributed by atoms with Crippen LogP contribution in [0.1, 0.15) is 78.1 Å². The number of hydrogen-bond acceptors (Lipinski definition) is 1. The van der Waals surface area contributed by atoms with E-state index < -0.39 is 0 Å². The lowest BCUT2D eigenvalue weighted by molar-refractivity contribution is 0.212. The highest BCUT2D eigenvalue weighted by Crippen LogP contribution is 2.12. The molecule has 0 rings (SSSR count). The van der Waals surface area contributed by atoms with Crippen molar-refractivity contribution in [2.45, 2.75) is 78.1 Å². The van der Waals surface area contributed by atoms with E-state index in [0.29, 0.717) is 12.5 Å². The molecule has 0 aliphatic heterocycles. The molecular formula is C24H40O. The molecule has 25 heavy (non-hydrogen) atoms. The van der Waals surface area contributed by atoms with Crippen molar-refractivity contribution in [1.29, 1.82) is 0 Å². The summed E-state index contributed by atoms with van der Waals surface area (Å²) in [4.78, 5) is 0. The topological polar surface area (TPSA) is 20.2 Å². The zero-order valence-corrected chi connectivity index (χ0v) is 16.6. The van der Waals surface area contributed by atoms with Crippen molar-refractivity contribution < 1.29 is 5.11 Å². The largest absolute Gasteiger partial charge is 0.396 e. The monoisotopic (exact) mass is 344 g/mol. The van der Waals surface area contributed by atoms with Gasteiger partial charge in [0.2, 0.25) is 0 Å². The molecule has 0 saturated heterocycles. The first kappa shape index (κ1) is 23.7. The summed E-state index contributed by atoms with van der Waals surface area (Å²) in [5.41, 5.74) is 0. The van der Waals surface area contributed by atoms with Gasteiger partial charge in [0.15, 0.2) is 0 Å². The van der Waals surface area contributed by atoms with Gasteiger partial charge in [-0.3, -0.25) is 0 Å². The first-order valence-electron chi connectivity index (χ1n) is 10.2. The standard InChI is InChI=1S/C24H40O/c1-3-5-6-7-8-9-10-11-12-13-14-15-16-17-18-19-20-21-22-24(4-2)23-25/h5-6,8-9,11-12,14-15,17-18,24-25H,3-4,7,10,13,16,19-23H2,1-2H3. The minimum Gasteiger partial charge on any atom is -0.396 e. The third-order valence-corrected chi connectivity index (χ3v) is 4.23. The number of rotatable bonds is 16. The minimum absolute atomic E-state index is 0.345. The molecule has 0 amide bonds. The Labute approximate surface area is 156 Å². The van der Waals surface area contributed by atoms with Crippen molar-refractivity contribution in [1.82, 2.24) is 0 Å². The predicted octanol–water partition coefficient (Wildman–Crippen LogP) is 7.32. The predicted molar refractivity (Wildman–Crippen MR) is 114 cm³/mol. The Balaban J connectivity index is 3.47. The maximum Gasteiger partial charge on any atom is 0.0459 e. The van der Waals surface area contributed by atoms with Crippen molar-refractivity contribution in [3.8, 4) is 0 Å². The van der Waals surface area contributed by atoms with Crippen molar-refractivity contribution in [2.24, 2.45) is 5.92 Å². The summed E-state index contributed by atoms with van der Waals surface area (Å²) in [5, 5.41) is 9.14. The summed E-state index contributed by atoms with van der Waals surface area (Å²) in [6.07, 6.45) is 33.5. The molecule has 0 saturated carbocycles. The molecule has 0 spiro atoms. The third kappa shape index (κ3) is 18.8. The van der Waals surface area contributed by atoms with Gasteiger partial charge in [-0.15, -0.1) is 0 Å². The normalized spacial score (nSPS) is 14.2. The maximum absolute atomic E-state index is 9.14. The summed E-state index contributed by atoms with van der Waals surface area (Å²) in [5.74, 6) is 0.508. The summed E-state index contributed by atoms with van der Waals surface area (Å²) in [7, 11) is 0. The van der Waals surface area contributed by atoms with Crippen LogP contribution < -0.4 is 0 Å². The lowest BCUT2D eigenvalue weighted by Crippen LogP contribution is -2.03. The molecule has 0 radical (unpaired) electrons. The average molecular weight is 345 g/mol. The highest BCUT2D eigenvalue weighted by atomic mass is 16.3. The minimum atomic E-state index is 0.345. The van der Waals surface area contributed by atoms with Crippen LogP contribution in [0.3, 0.4) is 0 Å². The van der Waals surface area contributed by atoms with E-state index in [1.54, 1.807) is 0 Å². The highest BCUT2D eigenvalue weighted by Gasteiger charge is 2.02. The van der Waals surface area contributed by atoms with Gasteiger partial charge in [-0.2, -0.15) is 0 Å². The number of aliphatic hydroxyl groups excluding tert-OH is 1. The second kappa shape index (κ2) is 20.7. The third-order valence-electron chi connectivity index (χ3n) is 4.23. The van der Waals surface area contributed by atoms with Crippen molar-refractivity contribution in [3.63, 3.8) is 0 Å². The van der Waals surface area contributed by atoms with E-state index in [-0.39, 0.29) is 0 Å². The van der Waals surface area contributed by atoms with E-state index in [9.17, 15) is 0 Å². The van der Waals surface area contributed by atoms with Gasteiger partial charge in [-0.25, -0.2) is 0 Å². The second-order valence-electron chi connectivity index (χ2n) is 6.45. The summed E-state index contributed by atoms with van der Waals surface area (Å²) in [6, 6.07) is 0. The van der Waals surface area contributed by atoms with Crippen LogP contribution in [-0.2, 0) is 0 Å². The van der Waals surface area contributed by atoms with Crippen molar-refractivity contribution in [2.75, 3.05) is 6.61 Å². The Kier molecular flexibility index (Phi) is 19.6. The van der Waals surface area contributed by atoms with Gasteiger partial charge in [0.05, 0.1) is 0 Å². The van der Waals surface area contributed by atoms with Crippen LogP contribution in [0.15, 0.2) is 60.8 Å². The Morgan fingerprint density at radius 2 is 1.12 bits per heavy atom.